The van der Waals surface area contributed by atoms with E-state index in [1.54, 1.807) is 13.8 Å². The minimum Gasteiger partial charge on any atom is -0.394 e. The van der Waals surface area contributed by atoms with Gasteiger partial charge in [-0.25, -0.2) is 8.78 Å². The second kappa shape index (κ2) is 5.18. The summed E-state index contributed by atoms with van der Waals surface area (Å²) in [5, 5.41) is 17.9. The lowest BCUT2D eigenvalue weighted by molar-refractivity contribution is -0.204. The van der Waals surface area contributed by atoms with E-state index in [9.17, 15) is 13.9 Å². The van der Waals surface area contributed by atoms with Crippen LogP contribution in [0, 0.1) is 11.8 Å². The van der Waals surface area contributed by atoms with Crippen molar-refractivity contribution in [1.29, 1.82) is 0 Å². The van der Waals surface area contributed by atoms with Gasteiger partial charge in [0.05, 0.1) is 18.8 Å². The lowest BCUT2D eigenvalue weighted by atomic mass is 9.82. The molecule has 1 saturated heterocycles. The topological polar surface area (TPSA) is 49.7 Å². The molecule has 1 rings (SSSR count). The fourth-order valence-corrected chi connectivity index (χ4v) is 1.85. The molecule has 1 fully saturated rings. The molecule has 5 unspecified atom stereocenters. The number of aliphatic hydroxyl groups excluding tert-OH is 2. The number of rotatable bonds is 3. The van der Waals surface area contributed by atoms with Crippen LogP contribution in [0.4, 0.5) is 8.78 Å². The Morgan fingerprint density at radius 3 is 2.40 bits per heavy atom. The Kier molecular flexibility index (Phi) is 4.43. The number of alkyl halides is 2. The van der Waals surface area contributed by atoms with Crippen LogP contribution < -0.4 is 0 Å². The Hall–Kier alpha value is -0.260. The monoisotopic (exact) mass is 224 g/mol. The lowest BCUT2D eigenvalue weighted by Crippen LogP contribution is -2.46. The van der Waals surface area contributed by atoms with E-state index in [1.807, 2.05) is 0 Å². The maximum Gasteiger partial charge on any atom is 0.230 e. The van der Waals surface area contributed by atoms with Crippen molar-refractivity contribution in [1.82, 2.24) is 0 Å². The van der Waals surface area contributed by atoms with Gasteiger partial charge in [0.15, 0.2) is 6.17 Å². The van der Waals surface area contributed by atoms with Crippen molar-refractivity contribution >= 4 is 0 Å². The Morgan fingerprint density at radius 2 is 1.87 bits per heavy atom. The molecule has 0 aromatic rings. The van der Waals surface area contributed by atoms with Crippen LogP contribution in [-0.4, -0.2) is 41.6 Å². The molecule has 1 heterocycles. The fraction of sp³-hybridized carbons (Fsp3) is 1.00. The Morgan fingerprint density at radius 1 is 1.27 bits per heavy atom. The summed E-state index contributed by atoms with van der Waals surface area (Å²) in [6.45, 7) is 3.00. The summed E-state index contributed by atoms with van der Waals surface area (Å²) >= 11 is 0. The summed E-state index contributed by atoms with van der Waals surface area (Å²) in [5.41, 5.74) is 0. The first-order valence-electron chi connectivity index (χ1n) is 5.20. The van der Waals surface area contributed by atoms with Crippen LogP contribution >= 0.6 is 0 Å². The number of hydrogen-bond donors (Lipinski definition) is 2. The number of ether oxygens (including phenoxy) is 1. The summed E-state index contributed by atoms with van der Waals surface area (Å²) in [6.07, 6.45) is -4.87. The van der Waals surface area contributed by atoms with Gasteiger partial charge in [-0.05, 0) is 11.8 Å². The third-order valence-corrected chi connectivity index (χ3v) is 3.19. The van der Waals surface area contributed by atoms with Gasteiger partial charge >= 0.3 is 0 Å². The highest BCUT2D eigenvalue weighted by Gasteiger charge is 2.42. The third-order valence-electron chi connectivity index (χ3n) is 3.19. The van der Waals surface area contributed by atoms with Gasteiger partial charge in [-0.3, -0.25) is 0 Å². The quantitative estimate of drug-likeness (QED) is 0.753. The summed E-state index contributed by atoms with van der Waals surface area (Å²) in [4.78, 5) is 0. The van der Waals surface area contributed by atoms with E-state index in [1.165, 1.54) is 0 Å². The zero-order valence-electron chi connectivity index (χ0n) is 8.94. The summed E-state index contributed by atoms with van der Waals surface area (Å²) in [7, 11) is 0. The van der Waals surface area contributed by atoms with Crippen LogP contribution in [0.3, 0.4) is 0 Å². The fourth-order valence-electron chi connectivity index (χ4n) is 1.85. The van der Waals surface area contributed by atoms with E-state index in [2.05, 4.69) is 0 Å². The average Bonchev–Trinajstić information content (AvgIpc) is 2.22. The van der Waals surface area contributed by atoms with Crippen LogP contribution in [0.2, 0.25) is 0 Å². The minimum absolute atomic E-state index is 0.134. The number of halogens is 2. The highest BCUT2D eigenvalue weighted by atomic mass is 19.2. The van der Waals surface area contributed by atoms with Gasteiger partial charge in [-0.2, -0.15) is 0 Å². The van der Waals surface area contributed by atoms with Crippen molar-refractivity contribution in [3.63, 3.8) is 0 Å². The predicted molar refractivity (Wildman–Crippen MR) is 50.7 cm³/mol. The minimum atomic E-state index is -1.92. The average molecular weight is 224 g/mol. The van der Waals surface area contributed by atoms with Crippen LogP contribution in [0.15, 0.2) is 0 Å². The Labute approximate surface area is 88.1 Å². The predicted octanol–water partition coefficient (Wildman–Crippen LogP) is 1.03. The smallest absolute Gasteiger partial charge is 0.230 e. The molecule has 0 aromatic carbocycles. The molecule has 1 aliphatic heterocycles. The van der Waals surface area contributed by atoms with Crippen LogP contribution in [0.5, 0.6) is 0 Å². The molecule has 6 atom stereocenters. The molecule has 5 heteroatoms. The first kappa shape index (κ1) is 12.8. The van der Waals surface area contributed by atoms with Crippen LogP contribution in [0.25, 0.3) is 0 Å². The normalized spacial score (nSPS) is 44.0. The number of aliphatic hydroxyl groups is 2. The molecule has 1 aliphatic rings. The Bertz CT molecular complexity index is 201. The molecule has 0 bridgehead atoms. The standard InChI is InChI=1S/C10H18F2O3/c1-5-6(2)9(11)10(12)15-8(5)3-7(14)4-13/h5-10,13-14H,3-4H2,1-2H3/t5?,6?,7-,8?,9?,10?/m0/s1. The van der Waals surface area contributed by atoms with Gasteiger partial charge in [0.2, 0.25) is 6.36 Å². The molecular weight excluding hydrogens is 206 g/mol. The second-order valence-corrected chi connectivity index (χ2v) is 4.26. The number of hydrogen-bond acceptors (Lipinski definition) is 3. The van der Waals surface area contributed by atoms with E-state index in [4.69, 9.17) is 9.84 Å². The SMILES string of the molecule is CC1C(C[C@H](O)CO)OC(F)C(F)C1C. The van der Waals surface area contributed by atoms with Crippen LogP contribution in [-0.2, 0) is 4.74 Å². The maximum atomic E-state index is 13.2. The van der Waals surface area contributed by atoms with Gasteiger partial charge in [0, 0.05) is 6.42 Å². The van der Waals surface area contributed by atoms with Gasteiger partial charge in [0.1, 0.15) is 0 Å². The molecule has 0 aromatic heterocycles. The molecule has 0 aliphatic carbocycles. The molecule has 15 heavy (non-hydrogen) atoms. The summed E-state index contributed by atoms with van der Waals surface area (Å²) in [5.74, 6) is -0.613. The van der Waals surface area contributed by atoms with E-state index >= 15 is 0 Å². The molecule has 3 nitrogen and oxygen atoms in total. The zero-order chi connectivity index (χ0) is 11.6. The van der Waals surface area contributed by atoms with Crippen molar-refractivity contribution in [3.05, 3.63) is 0 Å². The largest absolute Gasteiger partial charge is 0.394 e. The molecular formula is C10H18F2O3. The van der Waals surface area contributed by atoms with Crippen molar-refractivity contribution in [3.8, 4) is 0 Å². The van der Waals surface area contributed by atoms with Gasteiger partial charge in [0.25, 0.3) is 0 Å². The zero-order valence-corrected chi connectivity index (χ0v) is 8.94. The first-order valence-corrected chi connectivity index (χ1v) is 5.20. The van der Waals surface area contributed by atoms with Crippen molar-refractivity contribution in [2.24, 2.45) is 11.8 Å². The molecule has 0 radical (unpaired) electrons. The summed E-state index contributed by atoms with van der Waals surface area (Å²) < 4.78 is 31.1. The van der Waals surface area contributed by atoms with Gasteiger partial charge in [-0.1, -0.05) is 13.8 Å². The third kappa shape index (κ3) is 2.86. The van der Waals surface area contributed by atoms with Crippen LogP contribution in [0.1, 0.15) is 20.3 Å². The second-order valence-electron chi connectivity index (χ2n) is 4.26. The molecule has 0 amide bonds. The van der Waals surface area contributed by atoms with Crippen molar-refractivity contribution < 1.29 is 23.7 Å². The Balaban J connectivity index is 2.58. The highest BCUT2D eigenvalue weighted by molar-refractivity contribution is 4.85. The molecule has 90 valence electrons. The molecule has 0 spiro atoms. The lowest BCUT2D eigenvalue weighted by Gasteiger charge is -2.39. The van der Waals surface area contributed by atoms with Crippen molar-refractivity contribution in [2.45, 2.75) is 45.0 Å². The van der Waals surface area contributed by atoms with E-state index in [-0.39, 0.29) is 12.3 Å². The first-order chi connectivity index (χ1) is 6.97. The van der Waals surface area contributed by atoms with Crippen molar-refractivity contribution in [2.75, 3.05) is 6.61 Å². The van der Waals surface area contributed by atoms with E-state index < -0.39 is 37.3 Å². The molecule has 2 N–H and O–H groups in total. The maximum absolute atomic E-state index is 13.2. The summed E-state index contributed by atoms with van der Waals surface area (Å²) in [6, 6.07) is 0. The van der Waals surface area contributed by atoms with Gasteiger partial charge in [-0.15, -0.1) is 0 Å². The van der Waals surface area contributed by atoms with E-state index in [0.717, 1.165) is 0 Å². The van der Waals surface area contributed by atoms with E-state index in [0.29, 0.717) is 0 Å². The van der Waals surface area contributed by atoms with Gasteiger partial charge < -0.3 is 14.9 Å². The molecule has 0 saturated carbocycles. The highest BCUT2D eigenvalue weighted by Crippen LogP contribution is 2.34.